The molecule has 0 bridgehead atoms. The molecule has 0 aliphatic carbocycles. The standard InChI is InChI=1S/C4H11N.C3H4/c1-2-3-4-5;1-3-2/h2-5H2,1H3;1H,2H3. The molecule has 2 N–H and O–H groups in total. The molecule has 0 aliphatic heterocycles. The van der Waals surface area contributed by atoms with Crippen LogP contribution in [0.15, 0.2) is 0 Å². The van der Waals surface area contributed by atoms with E-state index in [-0.39, 0.29) is 0 Å². The average Bonchev–Trinajstić information content (AvgIpc) is 1.71. The highest BCUT2D eigenvalue weighted by Crippen LogP contribution is 1.77. The zero-order valence-electron chi connectivity index (χ0n) is 5.78. The highest BCUT2D eigenvalue weighted by atomic mass is 14.5. The molecule has 0 heterocycles. The van der Waals surface area contributed by atoms with Crippen molar-refractivity contribution < 1.29 is 0 Å². The zero-order chi connectivity index (χ0) is 6.83. The molecular formula is C7H15N. The minimum atomic E-state index is 0.844. The van der Waals surface area contributed by atoms with Crippen molar-refractivity contribution in [2.45, 2.75) is 26.7 Å². The Bertz CT molecular complexity index is 49.9. The van der Waals surface area contributed by atoms with Gasteiger partial charge in [-0.2, -0.15) is 0 Å². The summed E-state index contributed by atoms with van der Waals surface area (Å²) < 4.78 is 0. The summed E-state index contributed by atoms with van der Waals surface area (Å²) in [4.78, 5) is 0. The average molecular weight is 113 g/mol. The van der Waals surface area contributed by atoms with Crippen LogP contribution in [0.2, 0.25) is 0 Å². The molecule has 0 radical (unpaired) electrons. The second-order valence-electron chi connectivity index (χ2n) is 1.43. The normalized spacial score (nSPS) is 6.25. The summed E-state index contributed by atoms with van der Waals surface area (Å²) in [5.74, 6) is 2.25. The van der Waals surface area contributed by atoms with Crippen LogP contribution < -0.4 is 5.73 Å². The Balaban J connectivity index is 0. The molecule has 0 aromatic heterocycles. The molecule has 0 aromatic rings. The van der Waals surface area contributed by atoms with E-state index in [0.29, 0.717) is 0 Å². The van der Waals surface area contributed by atoms with E-state index >= 15 is 0 Å². The molecule has 0 aliphatic rings. The van der Waals surface area contributed by atoms with Gasteiger partial charge in [0.25, 0.3) is 0 Å². The summed E-state index contributed by atoms with van der Waals surface area (Å²) >= 11 is 0. The fraction of sp³-hybridized carbons (Fsp3) is 0.714. The van der Waals surface area contributed by atoms with Crippen molar-refractivity contribution in [2.24, 2.45) is 5.73 Å². The molecule has 8 heavy (non-hydrogen) atoms. The predicted molar refractivity (Wildman–Crippen MR) is 38.5 cm³/mol. The zero-order valence-corrected chi connectivity index (χ0v) is 5.78. The first kappa shape index (κ1) is 10.5. The molecule has 0 rings (SSSR count). The fourth-order valence-corrected chi connectivity index (χ4v) is 0.204. The van der Waals surface area contributed by atoms with E-state index in [4.69, 9.17) is 5.73 Å². The lowest BCUT2D eigenvalue weighted by Crippen LogP contribution is -1.95. The fourth-order valence-electron chi connectivity index (χ4n) is 0.204. The smallest absolute Gasteiger partial charge is 0.00297 e. The van der Waals surface area contributed by atoms with Gasteiger partial charge in [0, 0.05) is 0 Å². The van der Waals surface area contributed by atoms with Crippen molar-refractivity contribution in [3.05, 3.63) is 0 Å². The number of nitrogens with two attached hydrogens (primary N) is 1. The van der Waals surface area contributed by atoms with Crippen molar-refractivity contribution in [1.29, 1.82) is 0 Å². The largest absolute Gasteiger partial charge is 0.330 e. The van der Waals surface area contributed by atoms with E-state index in [2.05, 4.69) is 19.3 Å². The third kappa shape index (κ3) is 48.8. The van der Waals surface area contributed by atoms with Gasteiger partial charge >= 0.3 is 0 Å². The highest BCUT2D eigenvalue weighted by Gasteiger charge is 1.67. The van der Waals surface area contributed by atoms with Crippen molar-refractivity contribution in [3.63, 3.8) is 0 Å². The van der Waals surface area contributed by atoms with E-state index in [1.165, 1.54) is 12.8 Å². The number of hydrogen-bond donors (Lipinski definition) is 1. The first-order valence-electron chi connectivity index (χ1n) is 2.90. The molecule has 0 saturated carbocycles. The van der Waals surface area contributed by atoms with Crippen LogP contribution in [-0.2, 0) is 0 Å². The maximum Gasteiger partial charge on any atom is -0.00297 e. The molecule has 0 fully saturated rings. The van der Waals surface area contributed by atoms with Crippen LogP contribution in [0.5, 0.6) is 0 Å². The maximum absolute atomic E-state index is 5.14. The first-order chi connectivity index (χ1) is 3.83. The van der Waals surface area contributed by atoms with E-state index < -0.39 is 0 Å². The number of terminal acetylenes is 1. The Morgan fingerprint density at radius 2 is 2.00 bits per heavy atom. The van der Waals surface area contributed by atoms with Gasteiger partial charge in [0.1, 0.15) is 0 Å². The summed E-state index contributed by atoms with van der Waals surface area (Å²) in [5.41, 5.74) is 5.14. The summed E-state index contributed by atoms with van der Waals surface area (Å²) in [6, 6.07) is 0. The Hall–Kier alpha value is -0.480. The Morgan fingerprint density at radius 1 is 1.62 bits per heavy atom. The van der Waals surface area contributed by atoms with Crippen LogP contribution >= 0.6 is 0 Å². The number of rotatable bonds is 2. The van der Waals surface area contributed by atoms with Gasteiger partial charge < -0.3 is 5.73 Å². The molecule has 0 saturated heterocycles. The van der Waals surface area contributed by atoms with Crippen LogP contribution in [0.3, 0.4) is 0 Å². The van der Waals surface area contributed by atoms with Crippen molar-refractivity contribution in [1.82, 2.24) is 0 Å². The van der Waals surface area contributed by atoms with Crippen LogP contribution in [0.25, 0.3) is 0 Å². The molecular weight excluding hydrogens is 98.1 g/mol. The van der Waals surface area contributed by atoms with Crippen LogP contribution in [0, 0.1) is 12.3 Å². The highest BCUT2D eigenvalue weighted by molar-refractivity contribution is 4.73. The van der Waals surface area contributed by atoms with Gasteiger partial charge in [-0.15, -0.1) is 12.3 Å². The third-order valence-electron chi connectivity index (χ3n) is 0.558. The maximum atomic E-state index is 5.14. The summed E-state index contributed by atoms with van der Waals surface area (Å²) in [7, 11) is 0. The molecule has 1 nitrogen and oxygen atoms in total. The minimum absolute atomic E-state index is 0.844. The van der Waals surface area contributed by atoms with Gasteiger partial charge in [0.05, 0.1) is 0 Å². The van der Waals surface area contributed by atoms with Crippen molar-refractivity contribution in [3.8, 4) is 12.3 Å². The van der Waals surface area contributed by atoms with Gasteiger partial charge in [0.2, 0.25) is 0 Å². The number of hydrogen-bond acceptors (Lipinski definition) is 1. The lowest BCUT2D eigenvalue weighted by molar-refractivity contribution is 0.807. The van der Waals surface area contributed by atoms with E-state index in [0.717, 1.165) is 6.54 Å². The van der Waals surface area contributed by atoms with Crippen LogP contribution in [0.4, 0.5) is 0 Å². The van der Waals surface area contributed by atoms with Crippen molar-refractivity contribution in [2.75, 3.05) is 6.54 Å². The minimum Gasteiger partial charge on any atom is -0.330 e. The Kier molecular flexibility index (Phi) is 21.0. The van der Waals surface area contributed by atoms with Gasteiger partial charge in [-0.1, -0.05) is 13.3 Å². The summed E-state index contributed by atoms with van der Waals surface area (Å²) in [5, 5.41) is 0. The van der Waals surface area contributed by atoms with Crippen LogP contribution in [-0.4, -0.2) is 6.54 Å². The summed E-state index contributed by atoms with van der Waals surface area (Å²) in [6.45, 7) is 4.63. The molecule has 0 aromatic carbocycles. The molecule has 0 spiro atoms. The van der Waals surface area contributed by atoms with Gasteiger partial charge in [-0.05, 0) is 19.9 Å². The van der Waals surface area contributed by atoms with Crippen molar-refractivity contribution >= 4 is 0 Å². The Labute approximate surface area is 52.3 Å². The second-order valence-corrected chi connectivity index (χ2v) is 1.43. The SMILES string of the molecule is C#CC.CCCCN. The quantitative estimate of drug-likeness (QED) is 0.538. The predicted octanol–water partition coefficient (Wildman–Crippen LogP) is 1.38. The van der Waals surface area contributed by atoms with Gasteiger partial charge in [0.15, 0.2) is 0 Å². The third-order valence-corrected chi connectivity index (χ3v) is 0.558. The summed E-state index contributed by atoms with van der Waals surface area (Å²) in [6.07, 6.45) is 6.98. The Morgan fingerprint density at radius 3 is 2.00 bits per heavy atom. The van der Waals surface area contributed by atoms with E-state index in [9.17, 15) is 0 Å². The monoisotopic (exact) mass is 113 g/mol. The number of unbranched alkanes of at least 4 members (excludes halogenated alkanes) is 1. The lowest BCUT2D eigenvalue weighted by atomic mass is 10.3. The molecule has 0 unspecified atom stereocenters. The second kappa shape index (κ2) is 16.0. The van der Waals surface area contributed by atoms with Gasteiger partial charge in [-0.3, -0.25) is 0 Å². The molecule has 1 heteroatoms. The molecule has 0 atom stereocenters. The van der Waals surface area contributed by atoms with E-state index in [1.807, 2.05) is 0 Å². The van der Waals surface area contributed by atoms with Crippen LogP contribution in [0.1, 0.15) is 26.7 Å². The van der Waals surface area contributed by atoms with Gasteiger partial charge in [-0.25, -0.2) is 0 Å². The topological polar surface area (TPSA) is 26.0 Å². The molecule has 48 valence electrons. The lowest BCUT2D eigenvalue weighted by Gasteiger charge is -1.80. The molecule has 0 amide bonds. The first-order valence-corrected chi connectivity index (χ1v) is 2.90. The van der Waals surface area contributed by atoms with E-state index in [1.54, 1.807) is 6.92 Å².